The highest BCUT2D eigenvalue weighted by Crippen LogP contribution is 2.16. The normalized spacial score (nSPS) is 10.9. The molecule has 0 bridgehead atoms. The quantitative estimate of drug-likeness (QED) is 0.763. The van der Waals surface area contributed by atoms with Gasteiger partial charge in [-0.05, 0) is 18.6 Å². The number of unbranched alkanes of at least 4 members (excludes halogenated alkanes) is 2. The van der Waals surface area contributed by atoms with Crippen LogP contribution in [0.5, 0.6) is 0 Å². The van der Waals surface area contributed by atoms with Crippen LogP contribution in [-0.2, 0) is 0 Å². The number of hydrogen-bond donors (Lipinski definition) is 2. The molecule has 2 N–H and O–H groups in total. The zero-order valence-corrected chi connectivity index (χ0v) is 11.9. The first-order valence-corrected chi connectivity index (χ1v) is 7.24. The fourth-order valence-electron chi connectivity index (χ4n) is 2.35. The Hall–Kier alpha value is -1.81. The number of nitrogens with zero attached hydrogens (tertiary/aromatic N) is 1. The van der Waals surface area contributed by atoms with Gasteiger partial charge >= 0.3 is 0 Å². The summed E-state index contributed by atoms with van der Waals surface area (Å²) in [6, 6.07) is 9.72. The summed E-state index contributed by atoms with van der Waals surface area (Å²) in [7, 11) is 0. The van der Waals surface area contributed by atoms with Gasteiger partial charge in [-0.15, -0.1) is 0 Å². The second kappa shape index (κ2) is 7.10. The average Bonchev–Trinajstić information content (AvgIpc) is 2.89. The molecule has 0 aliphatic heterocycles. The van der Waals surface area contributed by atoms with E-state index in [1.165, 1.54) is 0 Å². The Morgan fingerprint density at radius 2 is 2.05 bits per heavy atom. The lowest BCUT2D eigenvalue weighted by molar-refractivity contribution is 0.0713. The first-order chi connectivity index (χ1) is 9.76. The molecule has 0 saturated heterocycles. The number of aromatic amines is 1. The van der Waals surface area contributed by atoms with Crippen LogP contribution in [0.4, 0.5) is 0 Å². The van der Waals surface area contributed by atoms with Crippen molar-refractivity contribution in [2.24, 2.45) is 0 Å². The highest BCUT2D eigenvalue weighted by molar-refractivity contribution is 5.98. The van der Waals surface area contributed by atoms with Gasteiger partial charge in [0.15, 0.2) is 0 Å². The number of aliphatic hydroxyl groups is 1. The summed E-state index contributed by atoms with van der Waals surface area (Å²) in [4.78, 5) is 17.4. The lowest BCUT2D eigenvalue weighted by atomic mass is 10.2. The molecule has 0 aliphatic rings. The largest absolute Gasteiger partial charge is 0.395 e. The van der Waals surface area contributed by atoms with Gasteiger partial charge in [-0.1, -0.05) is 38.0 Å². The van der Waals surface area contributed by atoms with E-state index in [0.29, 0.717) is 18.8 Å². The number of amides is 1. The van der Waals surface area contributed by atoms with Crippen molar-refractivity contribution in [2.75, 3.05) is 19.7 Å². The summed E-state index contributed by atoms with van der Waals surface area (Å²) >= 11 is 0. The number of fused-ring (bicyclic) bond motifs is 1. The Morgan fingerprint density at radius 3 is 2.75 bits per heavy atom. The number of rotatable bonds is 7. The van der Waals surface area contributed by atoms with Crippen molar-refractivity contribution in [2.45, 2.75) is 26.2 Å². The van der Waals surface area contributed by atoms with Crippen molar-refractivity contribution in [3.8, 4) is 0 Å². The monoisotopic (exact) mass is 274 g/mol. The fourth-order valence-corrected chi connectivity index (χ4v) is 2.35. The zero-order chi connectivity index (χ0) is 14.4. The van der Waals surface area contributed by atoms with Crippen molar-refractivity contribution < 1.29 is 9.90 Å². The van der Waals surface area contributed by atoms with Gasteiger partial charge in [0.25, 0.3) is 5.91 Å². The van der Waals surface area contributed by atoms with E-state index in [-0.39, 0.29) is 12.5 Å². The smallest absolute Gasteiger partial charge is 0.270 e. The number of para-hydroxylation sites is 1. The highest BCUT2D eigenvalue weighted by Gasteiger charge is 2.16. The van der Waals surface area contributed by atoms with Gasteiger partial charge in [0.2, 0.25) is 0 Å². The van der Waals surface area contributed by atoms with Crippen LogP contribution in [0.3, 0.4) is 0 Å². The van der Waals surface area contributed by atoms with Crippen molar-refractivity contribution in [3.63, 3.8) is 0 Å². The van der Waals surface area contributed by atoms with Gasteiger partial charge in [-0.3, -0.25) is 4.79 Å². The van der Waals surface area contributed by atoms with Gasteiger partial charge in [0.1, 0.15) is 5.69 Å². The molecule has 20 heavy (non-hydrogen) atoms. The molecule has 1 aromatic carbocycles. The standard InChI is InChI=1S/C16H22N2O2/c1-2-3-6-9-18(10-11-19)16(20)15-12-13-7-4-5-8-14(13)17-15/h4-5,7-8,12,17,19H,2-3,6,9-11H2,1H3. The Morgan fingerprint density at radius 1 is 1.25 bits per heavy atom. The molecule has 4 heteroatoms. The molecule has 0 fully saturated rings. The Bertz CT molecular complexity index is 529. The molecule has 4 nitrogen and oxygen atoms in total. The molecule has 1 heterocycles. The minimum Gasteiger partial charge on any atom is -0.395 e. The molecule has 2 rings (SSSR count). The maximum atomic E-state index is 12.5. The van der Waals surface area contributed by atoms with Crippen molar-refractivity contribution in [1.82, 2.24) is 9.88 Å². The van der Waals surface area contributed by atoms with Gasteiger partial charge in [-0.2, -0.15) is 0 Å². The Kier molecular flexibility index (Phi) is 5.18. The first-order valence-electron chi connectivity index (χ1n) is 7.24. The van der Waals surface area contributed by atoms with E-state index >= 15 is 0 Å². The molecule has 0 aliphatic carbocycles. The molecular formula is C16H22N2O2. The number of benzene rings is 1. The third-order valence-corrected chi connectivity index (χ3v) is 3.45. The number of aliphatic hydroxyl groups excluding tert-OH is 1. The van der Waals surface area contributed by atoms with Crippen LogP contribution in [0.15, 0.2) is 30.3 Å². The number of hydrogen-bond acceptors (Lipinski definition) is 2. The second-order valence-electron chi connectivity index (χ2n) is 4.99. The lowest BCUT2D eigenvalue weighted by Gasteiger charge is -2.20. The average molecular weight is 274 g/mol. The highest BCUT2D eigenvalue weighted by atomic mass is 16.3. The first kappa shape index (κ1) is 14.6. The van der Waals surface area contributed by atoms with E-state index in [1.807, 2.05) is 30.3 Å². The van der Waals surface area contributed by atoms with Gasteiger partial charge in [0.05, 0.1) is 6.61 Å². The fraction of sp³-hybridized carbons (Fsp3) is 0.438. The lowest BCUT2D eigenvalue weighted by Crippen LogP contribution is -2.34. The van der Waals surface area contributed by atoms with E-state index in [2.05, 4.69) is 11.9 Å². The summed E-state index contributed by atoms with van der Waals surface area (Å²) in [5, 5.41) is 10.2. The van der Waals surface area contributed by atoms with Crippen LogP contribution in [0, 0.1) is 0 Å². The predicted molar refractivity (Wildman–Crippen MR) is 80.8 cm³/mol. The van der Waals surface area contributed by atoms with Gasteiger partial charge < -0.3 is 15.0 Å². The predicted octanol–water partition coefficient (Wildman–Crippen LogP) is 2.79. The van der Waals surface area contributed by atoms with E-state index in [4.69, 9.17) is 5.11 Å². The van der Waals surface area contributed by atoms with E-state index < -0.39 is 0 Å². The Labute approximate surface area is 119 Å². The van der Waals surface area contributed by atoms with Crippen LogP contribution in [0.2, 0.25) is 0 Å². The second-order valence-corrected chi connectivity index (χ2v) is 4.99. The van der Waals surface area contributed by atoms with Crippen LogP contribution in [-0.4, -0.2) is 40.6 Å². The number of carbonyl (C=O) groups is 1. The van der Waals surface area contributed by atoms with E-state index in [0.717, 1.165) is 30.2 Å². The van der Waals surface area contributed by atoms with Gasteiger partial charge in [-0.25, -0.2) is 0 Å². The number of nitrogens with one attached hydrogen (secondary N) is 1. The molecule has 0 atom stereocenters. The number of aromatic nitrogens is 1. The van der Waals surface area contributed by atoms with E-state index in [9.17, 15) is 4.79 Å². The molecule has 1 amide bonds. The summed E-state index contributed by atoms with van der Waals surface area (Å²) in [6.07, 6.45) is 3.19. The molecule has 1 aromatic heterocycles. The minimum absolute atomic E-state index is 0.00189. The van der Waals surface area contributed by atoms with E-state index in [1.54, 1.807) is 4.90 Å². The SMILES string of the molecule is CCCCCN(CCO)C(=O)c1cc2ccccc2[nH]1. The maximum Gasteiger partial charge on any atom is 0.270 e. The molecule has 0 spiro atoms. The number of H-pyrrole nitrogens is 1. The molecule has 0 unspecified atom stereocenters. The maximum absolute atomic E-state index is 12.5. The van der Waals surface area contributed by atoms with Crippen LogP contribution < -0.4 is 0 Å². The minimum atomic E-state index is -0.0358. The Balaban J connectivity index is 2.13. The molecular weight excluding hydrogens is 252 g/mol. The van der Waals surface area contributed by atoms with Crippen LogP contribution in [0.25, 0.3) is 10.9 Å². The third-order valence-electron chi connectivity index (χ3n) is 3.45. The van der Waals surface area contributed by atoms with Crippen molar-refractivity contribution >= 4 is 16.8 Å². The molecule has 0 saturated carbocycles. The van der Waals surface area contributed by atoms with Crippen molar-refractivity contribution in [3.05, 3.63) is 36.0 Å². The summed E-state index contributed by atoms with van der Waals surface area (Å²) < 4.78 is 0. The molecule has 108 valence electrons. The third kappa shape index (κ3) is 3.39. The molecule has 0 radical (unpaired) electrons. The topological polar surface area (TPSA) is 56.3 Å². The molecule has 2 aromatic rings. The summed E-state index contributed by atoms with van der Waals surface area (Å²) in [5.74, 6) is -0.0358. The van der Waals surface area contributed by atoms with Crippen LogP contribution >= 0.6 is 0 Å². The van der Waals surface area contributed by atoms with Crippen molar-refractivity contribution in [1.29, 1.82) is 0 Å². The summed E-state index contributed by atoms with van der Waals surface area (Å²) in [5.41, 5.74) is 1.56. The van der Waals surface area contributed by atoms with Crippen LogP contribution in [0.1, 0.15) is 36.7 Å². The summed E-state index contributed by atoms with van der Waals surface area (Å²) in [6.45, 7) is 3.22. The zero-order valence-electron chi connectivity index (χ0n) is 11.9. The van der Waals surface area contributed by atoms with Gasteiger partial charge in [0, 0.05) is 24.0 Å². The number of carbonyl (C=O) groups excluding carboxylic acids is 1.